The first-order valence-corrected chi connectivity index (χ1v) is 10.6. The van der Waals surface area contributed by atoms with E-state index >= 15 is 0 Å². The molecule has 134 valence electrons. The molecule has 2 fully saturated rings. The van der Waals surface area contributed by atoms with E-state index in [9.17, 15) is 9.59 Å². The number of carbonyl (C=O) groups excluding carboxylic acids is 2. The maximum Gasteiger partial charge on any atom is 0.230 e. The molecule has 1 aromatic carbocycles. The fraction of sp³-hybridized carbons (Fsp3) is 0.600. The average Bonchev–Trinajstić information content (AvgIpc) is 3.00. The van der Waals surface area contributed by atoms with Gasteiger partial charge in [-0.15, -0.1) is 0 Å². The number of Topliss-reactive ketones (excluding diaryl/α,β-unsaturated/α-hetero) is 1. The summed E-state index contributed by atoms with van der Waals surface area (Å²) in [7, 11) is 0. The van der Waals surface area contributed by atoms with Gasteiger partial charge in [-0.2, -0.15) is 11.8 Å². The molecule has 0 bridgehead atoms. The molecule has 0 N–H and O–H groups in total. The highest BCUT2D eigenvalue weighted by Crippen LogP contribution is 2.35. The van der Waals surface area contributed by atoms with Crippen LogP contribution in [0.2, 0.25) is 0 Å². The quantitative estimate of drug-likeness (QED) is 0.833. The number of hydrogen-bond donors (Lipinski definition) is 0. The molecule has 0 aromatic heterocycles. The van der Waals surface area contributed by atoms with Crippen LogP contribution in [0.1, 0.15) is 47.5 Å². The molecule has 4 nitrogen and oxygen atoms in total. The Morgan fingerprint density at radius 2 is 1.92 bits per heavy atom. The molecule has 2 saturated heterocycles. The standard InChI is InChI=1S/C20H26N2O2S/c23-19-12-18(16-6-2-3-7-17(16)19)20(24)22-10-11-25-14-15(22)13-21-8-4-1-5-9-21/h2-3,6-7,15,18H,1,4-5,8-14H2. The Morgan fingerprint density at radius 3 is 2.76 bits per heavy atom. The van der Waals surface area contributed by atoms with Crippen LogP contribution in [0.4, 0.5) is 0 Å². The molecule has 2 atom stereocenters. The molecule has 2 unspecified atom stereocenters. The number of carbonyl (C=O) groups is 2. The van der Waals surface area contributed by atoms with Crippen molar-refractivity contribution in [3.8, 4) is 0 Å². The number of rotatable bonds is 3. The van der Waals surface area contributed by atoms with Gasteiger partial charge in [-0.1, -0.05) is 30.7 Å². The maximum atomic E-state index is 13.3. The first-order valence-electron chi connectivity index (χ1n) is 9.47. The lowest BCUT2D eigenvalue weighted by Crippen LogP contribution is -2.53. The minimum Gasteiger partial charge on any atom is -0.336 e. The average molecular weight is 359 g/mol. The summed E-state index contributed by atoms with van der Waals surface area (Å²) in [6.45, 7) is 4.12. The van der Waals surface area contributed by atoms with Gasteiger partial charge in [0.05, 0.1) is 12.0 Å². The first-order chi connectivity index (χ1) is 12.2. The number of ketones is 1. The van der Waals surface area contributed by atoms with Crippen molar-refractivity contribution in [3.05, 3.63) is 35.4 Å². The molecule has 25 heavy (non-hydrogen) atoms. The zero-order valence-electron chi connectivity index (χ0n) is 14.7. The second-order valence-corrected chi connectivity index (χ2v) is 8.54. The van der Waals surface area contributed by atoms with Crippen LogP contribution in [-0.4, -0.2) is 65.2 Å². The predicted molar refractivity (Wildman–Crippen MR) is 101 cm³/mol. The van der Waals surface area contributed by atoms with Crippen molar-refractivity contribution in [3.63, 3.8) is 0 Å². The van der Waals surface area contributed by atoms with Gasteiger partial charge < -0.3 is 9.80 Å². The van der Waals surface area contributed by atoms with Crippen molar-refractivity contribution in [1.29, 1.82) is 0 Å². The van der Waals surface area contributed by atoms with Gasteiger partial charge in [0.1, 0.15) is 0 Å². The van der Waals surface area contributed by atoms with E-state index in [4.69, 9.17) is 0 Å². The normalized spacial score (nSPS) is 27.4. The summed E-state index contributed by atoms with van der Waals surface area (Å²) in [4.78, 5) is 30.2. The molecule has 2 aliphatic heterocycles. The van der Waals surface area contributed by atoms with Crippen molar-refractivity contribution < 1.29 is 9.59 Å². The molecule has 4 rings (SSSR count). The monoisotopic (exact) mass is 358 g/mol. The molecular weight excluding hydrogens is 332 g/mol. The van der Waals surface area contributed by atoms with E-state index < -0.39 is 0 Å². The topological polar surface area (TPSA) is 40.6 Å². The zero-order chi connectivity index (χ0) is 17.2. The Balaban J connectivity index is 1.50. The van der Waals surface area contributed by atoms with Crippen LogP contribution in [0.5, 0.6) is 0 Å². The van der Waals surface area contributed by atoms with E-state index in [1.807, 2.05) is 36.0 Å². The van der Waals surface area contributed by atoms with E-state index in [1.165, 1.54) is 19.3 Å². The third-order valence-corrected chi connectivity index (χ3v) is 6.84. The maximum absolute atomic E-state index is 13.3. The summed E-state index contributed by atoms with van der Waals surface area (Å²) in [5.74, 6) is 2.04. The van der Waals surface area contributed by atoms with Crippen LogP contribution in [0.15, 0.2) is 24.3 Å². The fourth-order valence-corrected chi connectivity index (χ4v) is 5.47. The van der Waals surface area contributed by atoms with Crippen molar-refractivity contribution in [1.82, 2.24) is 9.80 Å². The van der Waals surface area contributed by atoms with Crippen LogP contribution < -0.4 is 0 Å². The zero-order valence-corrected chi connectivity index (χ0v) is 15.5. The second kappa shape index (κ2) is 7.50. The van der Waals surface area contributed by atoms with Gasteiger partial charge in [-0.3, -0.25) is 9.59 Å². The van der Waals surface area contributed by atoms with Gasteiger partial charge in [0, 0.05) is 36.6 Å². The molecule has 3 aliphatic rings. The van der Waals surface area contributed by atoms with E-state index in [0.717, 1.165) is 48.8 Å². The number of hydrogen-bond acceptors (Lipinski definition) is 4. The third kappa shape index (κ3) is 3.49. The molecular formula is C20H26N2O2S. The molecule has 2 heterocycles. The van der Waals surface area contributed by atoms with Gasteiger partial charge >= 0.3 is 0 Å². The fourth-order valence-electron chi connectivity index (χ4n) is 4.42. The molecule has 1 amide bonds. The summed E-state index contributed by atoms with van der Waals surface area (Å²) in [6, 6.07) is 7.94. The smallest absolute Gasteiger partial charge is 0.230 e. The second-order valence-electron chi connectivity index (χ2n) is 7.39. The molecule has 1 aliphatic carbocycles. The van der Waals surface area contributed by atoms with Crippen molar-refractivity contribution in [2.75, 3.05) is 37.7 Å². The van der Waals surface area contributed by atoms with E-state index in [1.54, 1.807) is 0 Å². The highest BCUT2D eigenvalue weighted by atomic mass is 32.2. The summed E-state index contributed by atoms with van der Waals surface area (Å²) < 4.78 is 0. The Morgan fingerprint density at radius 1 is 1.12 bits per heavy atom. The summed E-state index contributed by atoms with van der Waals surface area (Å²) in [6.07, 6.45) is 4.23. The van der Waals surface area contributed by atoms with Crippen LogP contribution in [-0.2, 0) is 4.79 Å². The molecule has 0 spiro atoms. The van der Waals surface area contributed by atoms with Crippen LogP contribution >= 0.6 is 11.8 Å². The highest BCUT2D eigenvalue weighted by Gasteiger charge is 2.39. The van der Waals surface area contributed by atoms with Gasteiger partial charge in [-0.05, 0) is 31.5 Å². The van der Waals surface area contributed by atoms with Crippen molar-refractivity contribution in [2.24, 2.45) is 0 Å². The Bertz CT molecular complexity index is 657. The SMILES string of the molecule is O=C1CC(C(=O)N2CCSCC2CN2CCCCC2)c2ccccc21. The lowest BCUT2D eigenvalue weighted by molar-refractivity contribution is -0.135. The number of likely N-dealkylation sites (tertiary alicyclic amines) is 1. The molecule has 1 aromatic rings. The predicted octanol–water partition coefficient (Wildman–Crippen LogP) is 2.79. The lowest BCUT2D eigenvalue weighted by Gasteiger charge is -2.40. The summed E-state index contributed by atoms with van der Waals surface area (Å²) in [5, 5.41) is 0. The Labute approximate surface area is 153 Å². The molecule has 0 radical (unpaired) electrons. The van der Waals surface area contributed by atoms with Crippen LogP contribution in [0.25, 0.3) is 0 Å². The number of piperidine rings is 1. The van der Waals surface area contributed by atoms with E-state index in [2.05, 4.69) is 9.80 Å². The number of fused-ring (bicyclic) bond motifs is 1. The van der Waals surface area contributed by atoms with Crippen molar-refractivity contribution >= 4 is 23.5 Å². The summed E-state index contributed by atoms with van der Waals surface area (Å²) >= 11 is 1.95. The van der Waals surface area contributed by atoms with Crippen LogP contribution in [0.3, 0.4) is 0 Å². The lowest BCUT2D eigenvalue weighted by atomic mass is 9.99. The Hall–Kier alpha value is -1.33. The van der Waals surface area contributed by atoms with E-state index in [0.29, 0.717) is 6.42 Å². The number of thioether (sulfide) groups is 1. The third-order valence-electron chi connectivity index (χ3n) is 5.75. The first kappa shape index (κ1) is 17.1. The van der Waals surface area contributed by atoms with Gasteiger partial charge in [-0.25, -0.2) is 0 Å². The molecule has 5 heteroatoms. The highest BCUT2D eigenvalue weighted by molar-refractivity contribution is 7.99. The van der Waals surface area contributed by atoms with Gasteiger partial charge in [0.15, 0.2) is 5.78 Å². The van der Waals surface area contributed by atoms with E-state index in [-0.39, 0.29) is 23.7 Å². The number of benzene rings is 1. The molecule has 0 saturated carbocycles. The number of nitrogens with zero attached hydrogens (tertiary/aromatic N) is 2. The number of amides is 1. The summed E-state index contributed by atoms with van der Waals surface area (Å²) in [5.41, 5.74) is 1.69. The van der Waals surface area contributed by atoms with Crippen molar-refractivity contribution in [2.45, 2.75) is 37.6 Å². The van der Waals surface area contributed by atoms with Gasteiger partial charge in [0.2, 0.25) is 5.91 Å². The van der Waals surface area contributed by atoms with Crippen LogP contribution in [0, 0.1) is 0 Å². The minimum absolute atomic E-state index is 0.118. The largest absolute Gasteiger partial charge is 0.336 e. The van der Waals surface area contributed by atoms with Gasteiger partial charge in [0.25, 0.3) is 0 Å². The Kier molecular flexibility index (Phi) is 5.13. The minimum atomic E-state index is -0.268.